The predicted molar refractivity (Wildman–Crippen MR) is 64.5 cm³/mol. The van der Waals surface area contributed by atoms with Gasteiger partial charge in [-0.05, 0) is 24.8 Å². The van der Waals surface area contributed by atoms with Gasteiger partial charge in [0.05, 0.1) is 13.2 Å². The molecule has 1 aliphatic carbocycles. The Morgan fingerprint density at radius 2 is 1.94 bits per heavy atom. The van der Waals surface area contributed by atoms with E-state index >= 15 is 0 Å². The van der Waals surface area contributed by atoms with Crippen LogP contribution in [0.25, 0.3) is 0 Å². The molecule has 0 amide bonds. The van der Waals surface area contributed by atoms with Gasteiger partial charge >= 0.3 is 5.97 Å². The van der Waals surface area contributed by atoms with Gasteiger partial charge in [0.1, 0.15) is 6.10 Å². The molecule has 0 aliphatic heterocycles. The van der Waals surface area contributed by atoms with E-state index in [4.69, 9.17) is 4.74 Å². The van der Waals surface area contributed by atoms with Crippen molar-refractivity contribution >= 4 is 5.97 Å². The van der Waals surface area contributed by atoms with Crippen LogP contribution in [0, 0.1) is 5.92 Å². The molecule has 1 rings (SSSR count). The molecule has 2 atom stereocenters. The van der Waals surface area contributed by atoms with Gasteiger partial charge in [0, 0.05) is 13.2 Å². The highest BCUT2D eigenvalue weighted by Gasteiger charge is 2.27. The Balaban J connectivity index is 2.53. The fourth-order valence-corrected chi connectivity index (χ4v) is 2.32. The summed E-state index contributed by atoms with van der Waals surface area (Å²) in [4.78, 5) is 11.0. The Morgan fingerprint density at radius 3 is 2.47 bits per heavy atom. The van der Waals surface area contributed by atoms with Crippen molar-refractivity contribution in [3.63, 3.8) is 0 Å². The second-order valence-corrected chi connectivity index (χ2v) is 4.47. The molecule has 0 unspecified atom stereocenters. The number of ether oxygens (including phenoxy) is 2. The maximum Gasteiger partial charge on any atom is 0.330 e. The number of esters is 1. The van der Waals surface area contributed by atoms with Gasteiger partial charge in [0.25, 0.3) is 0 Å². The second kappa shape index (κ2) is 7.45. The molecule has 4 heteroatoms. The third-order valence-corrected chi connectivity index (χ3v) is 3.36. The molecule has 17 heavy (non-hydrogen) atoms. The summed E-state index contributed by atoms with van der Waals surface area (Å²) in [6, 6.07) is 0. The lowest BCUT2D eigenvalue weighted by Crippen LogP contribution is -2.34. The van der Waals surface area contributed by atoms with Gasteiger partial charge in [0.15, 0.2) is 0 Å². The summed E-state index contributed by atoms with van der Waals surface area (Å²) in [5.41, 5.74) is 0. The molecule has 0 radical (unpaired) electrons. The first-order chi connectivity index (χ1) is 8.19. The lowest BCUT2D eigenvalue weighted by atomic mass is 9.83. The van der Waals surface area contributed by atoms with Crippen LogP contribution < -0.4 is 0 Å². The highest BCUT2D eigenvalue weighted by atomic mass is 16.5. The van der Waals surface area contributed by atoms with E-state index < -0.39 is 18.2 Å². The summed E-state index contributed by atoms with van der Waals surface area (Å²) in [5.74, 6) is -0.154. The first-order valence-electron chi connectivity index (χ1n) is 6.16. The van der Waals surface area contributed by atoms with Crippen molar-refractivity contribution in [1.82, 2.24) is 0 Å². The number of carbonyl (C=O) groups is 1. The highest BCUT2D eigenvalue weighted by molar-refractivity contribution is 5.81. The van der Waals surface area contributed by atoms with Crippen molar-refractivity contribution in [2.24, 2.45) is 5.92 Å². The first-order valence-corrected chi connectivity index (χ1v) is 6.16. The highest BCUT2D eigenvalue weighted by Crippen LogP contribution is 2.28. The van der Waals surface area contributed by atoms with Crippen molar-refractivity contribution in [1.29, 1.82) is 0 Å². The Labute approximate surface area is 103 Å². The van der Waals surface area contributed by atoms with E-state index in [9.17, 15) is 9.90 Å². The van der Waals surface area contributed by atoms with Gasteiger partial charge in [0.2, 0.25) is 0 Å². The molecule has 1 fully saturated rings. The number of hydrogen-bond donors (Lipinski definition) is 1. The van der Waals surface area contributed by atoms with Crippen molar-refractivity contribution in [2.75, 3.05) is 14.2 Å². The molecule has 0 aromatic rings. The minimum atomic E-state index is -0.541. The normalized spacial score (nSPS) is 21.4. The Hall–Kier alpha value is -0.870. The molecule has 1 aliphatic rings. The van der Waals surface area contributed by atoms with E-state index in [-0.39, 0.29) is 5.92 Å². The number of aliphatic hydroxyl groups excluding tert-OH is 1. The van der Waals surface area contributed by atoms with Gasteiger partial charge in [-0.25, -0.2) is 4.79 Å². The summed E-state index contributed by atoms with van der Waals surface area (Å²) in [7, 11) is 2.87. The zero-order chi connectivity index (χ0) is 12.7. The summed E-state index contributed by atoms with van der Waals surface area (Å²) < 4.78 is 9.72. The minimum absolute atomic E-state index is 0.274. The monoisotopic (exact) mass is 242 g/mol. The van der Waals surface area contributed by atoms with Crippen molar-refractivity contribution in [3.8, 4) is 0 Å². The van der Waals surface area contributed by atoms with E-state index in [0.717, 1.165) is 12.8 Å². The van der Waals surface area contributed by atoms with Crippen LogP contribution >= 0.6 is 0 Å². The molecule has 0 spiro atoms. The average Bonchev–Trinajstić information content (AvgIpc) is 2.39. The number of carbonyl (C=O) groups excluding carboxylic acids is 1. The van der Waals surface area contributed by atoms with E-state index in [2.05, 4.69) is 4.74 Å². The largest absolute Gasteiger partial charge is 0.466 e. The minimum Gasteiger partial charge on any atom is -0.466 e. The fourth-order valence-electron chi connectivity index (χ4n) is 2.32. The quantitative estimate of drug-likeness (QED) is 0.588. The van der Waals surface area contributed by atoms with Crippen LogP contribution in [-0.4, -0.2) is 37.5 Å². The van der Waals surface area contributed by atoms with E-state index in [1.165, 1.54) is 32.4 Å². The molecule has 0 aromatic heterocycles. The van der Waals surface area contributed by atoms with Crippen molar-refractivity contribution in [3.05, 3.63) is 12.2 Å². The van der Waals surface area contributed by atoms with Crippen LogP contribution in [0.1, 0.15) is 32.1 Å². The predicted octanol–water partition coefficient (Wildman–Crippen LogP) is 1.67. The molecule has 0 heterocycles. The number of methoxy groups -OCH3 is 2. The van der Waals surface area contributed by atoms with Gasteiger partial charge in [-0.3, -0.25) is 0 Å². The van der Waals surface area contributed by atoms with Gasteiger partial charge in [-0.15, -0.1) is 0 Å². The summed E-state index contributed by atoms with van der Waals surface area (Å²) in [6.45, 7) is 0. The van der Waals surface area contributed by atoms with Crippen molar-refractivity contribution < 1.29 is 19.4 Å². The van der Waals surface area contributed by atoms with Crippen LogP contribution in [0.3, 0.4) is 0 Å². The lowest BCUT2D eigenvalue weighted by molar-refractivity contribution is -0.134. The molecule has 0 bridgehead atoms. The maximum absolute atomic E-state index is 11.0. The lowest BCUT2D eigenvalue weighted by Gasteiger charge is -2.30. The number of hydrogen-bond acceptors (Lipinski definition) is 4. The first kappa shape index (κ1) is 14.2. The average molecular weight is 242 g/mol. The fraction of sp³-hybridized carbons (Fsp3) is 0.769. The smallest absolute Gasteiger partial charge is 0.330 e. The number of rotatable bonds is 5. The molecule has 1 N–H and O–H groups in total. The standard InChI is InChI=1S/C13H22O4/c1-16-11(8-9-12(14)17-2)13(15)10-6-4-3-5-7-10/h8-11,13,15H,3-7H2,1-2H3/b9-8+/t11-,13-/m1/s1. The van der Waals surface area contributed by atoms with E-state index in [1.807, 2.05) is 0 Å². The second-order valence-electron chi connectivity index (χ2n) is 4.47. The molecular weight excluding hydrogens is 220 g/mol. The number of aliphatic hydroxyl groups is 1. The van der Waals surface area contributed by atoms with Crippen molar-refractivity contribution in [2.45, 2.75) is 44.3 Å². The molecule has 1 saturated carbocycles. The van der Waals surface area contributed by atoms with Crippen LogP contribution in [0.2, 0.25) is 0 Å². The molecular formula is C13H22O4. The van der Waals surface area contributed by atoms with Gasteiger partial charge < -0.3 is 14.6 Å². The third-order valence-electron chi connectivity index (χ3n) is 3.36. The summed E-state index contributed by atoms with van der Waals surface area (Å²) in [5, 5.41) is 10.2. The van der Waals surface area contributed by atoms with Crippen LogP contribution in [-0.2, 0) is 14.3 Å². The molecule has 98 valence electrons. The van der Waals surface area contributed by atoms with Gasteiger partial charge in [-0.1, -0.05) is 19.3 Å². The SMILES string of the molecule is COC(=O)/C=C/[C@@H](OC)[C@H](O)C1CCCCC1. The van der Waals surface area contributed by atoms with Crippen LogP contribution in [0.5, 0.6) is 0 Å². The molecule has 0 saturated heterocycles. The summed E-state index contributed by atoms with van der Waals surface area (Å²) in [6.07, 6.45) is 7.56. The molecule has 0 aromatic carbocycles. The Bertz CT molecular complexity index is 256. The third kappa shape index (κ3) is 4.48. The van der Waals surface area contributed by atoms with E-state index in [0.29, 0.717) is 0 Å². The molecule has 4 nitrogen and oxygen atoms in total. The van der Waals surface area contributed by atoms with Crippen LogP contribution in [0.15, 0.2) is 12.2 Å². The Kier molecular flexibility index (Phi) is 6.22. The van der Waals surface area contributed by atoms with Crippen LogP contribution in [0.4, 0.5) is 0 Å². The maximum atomic E-state index is 11.0. The topological polar surface area (TPSA) is 55.8 Å². The summed E-state index contributed by atoms with van der Waals surface area (Å²) >= 11 is 0. The Morgan fingerprint density at radius 1 is 1.29 bits per heavy atom. The van der Waals surface area contributed by atoms with Gasteiger partial charge in [-0.2, -0.15) is 0 Å². The zero-order valence-electron chi connectivity index (χ0n) is 10.6. The zero-order valence-corrected chi connectivity index (χ0v) is 10.6. The van der Waals surface area contributed by atoms with E-state index in [1.54, 1.807) is 13.2 Å².